The SMILES string of the molecule is CCC(CC)N(C)CCCC(=O)Nc1ccc(N)cc1. The Balaban J connectivity index is 2.28. The number of nitrogens with zero attached hydrogens (tertiary/aromatic N) is 1. The van der Waals surface area contributed by atoms with E-state index in [9.17, 15) is 4.79 Å². The van der Waals surface area contributed by atoms with Gasteiger partial charge in [0.25, 0.3) is 0 Å². The lowest BCUT2D eigenvalue weighted by Crippen LogP contribution is -2.31. The fourth-order valence-electron chi connectivity index (χ4n) is 2.37. The standard InChI is InChI=1S/C16H27N3O/c1-4-15(5-2)19(3)12-6-7-16(20)18-14-10-8-13(17)9-11-14/h8-11,15H,4-7,12,17H2,1-3H3,(H,18,20). The number of anilines is 2. The van der Waals surface area contributed by atoms with E-state index in [2.05, 4.69) is 31.1 Å². The molecular formula is C16H27N3O. The van der Waals surface area contributed by atoms with Gasteiger partial charge in [0.1, 0.15) is 0 Å². The number of nitrogens with two attached hydrogens (primary N) is 1. The third-order valence-corrected chi connectivity index (χ3v) is 3.67. The number of hydrogen-bond acceptors (Lipinski definition) is 3. The third-order valence-electron chi connectivity index (χ3n) is 3.67. The summed E-state index contributed by atoms with van der Waals surface area (Å²) in [4.78, 5) is 14.2. The Labute approximate surface area is 122 Å². The molecule has 0 heterocycles. The van der Waals surface area contributed by atoms with Crippen LogP contribution in [0.2, 0.25) is 0 Å². The lowest BCUT2D eigenvalue weighted by Gasteiger charge is -2.25. The average Bonchev–Trinajstić information content (AvgIpc) is 2.43. The average molecular weight is 277 g/mol. The molecule has 4 nitrogen and oxygen atoms in total. The summed E-state index contributed by atoms with van der Waals surface area (Å²) in [5.41, 5.74) is 7.11. The predicted molar refractivity (Wildman–Crippen MR) is 85.7 cm³/mol. The molecule has 4 heteroatoms. The quantitative estimate of drug-likeness (QED) is 0.718. The maximum Gasteiger partial charge on any atom is 0.224 e. The minimum Gasteiger partial charge on any atom is -0.399 e. The van der Waals surface area contributed by atoms with E-state index in [1.165, 1.54) is 0 Å². The normalized spacial score (nSPS) is 11.1. The predicted octanol–water partition coefficient (Wildman–Crippen LogP) is 3.11. The number of nitrogens with one attached hydrogen (secondary N) is 1. The van der Waals surface area contributed by atoms with Crippen molar-refractivity contribution in [2.45, 2.75) is 45.6 Å². The van der Waals surface area contributed by atoms with Gasteiger partial charge in [-0.15, -0.1) is 0 Å². The van der Waals surface area contributed by atoms with Crippen molar-refractivity contribution in [3.05, 3.63) is 24.3 Å². The van der Waals surface area contributed by atoms with Crippen LogP contribution in [0.3, 0.4) is 0 Å². The van der Waals surface area contributed by atoms with E-state index >= 15 is 0 Å². The number of benzene rings is 1. The minimum atomic E-state index is 0.0627. The Bertz CT molecular complexity index is 399. The summed E-state index contributed by atoms with van der Waals surface area (Å²) in [7, 11) is 2.13. The Morgan fingerprint density at radius 1 is 1.25 bits per heavy atom. The smallest absolute Gasteiger partial charge is 0.224 e. The molecule has 0 spiro atoms. The Hall–Kier alpha value is -1.55. The van der Waals surface area contributed by atoms with Crippen molar-refractivity contribution >= 4 is 17.3 Å². The van der Waals surface area contributed by atoms with E-state index in [0.29, 0.717) is 18.2 Å². The number of nitrogen functional groups attached to an aromatic ring is 1. The van der Waals surface area contributed by atoms with Crippen LogP contribution < -0.4 is 11.1 Å². The molecule has 0 atom stereocenters. The molecule has 1 rings (SSSR count). The first-order valence-corrected chi connectivity index (χ1v) is 7.42. The maximum atomic E-state index is 11.8. The van der Waals surface area contributed by atoms with Crippen LogP contribution in [0, 0.1) is 0 Å². The van der Waals surface area contributed by atoms with Crippen LogP contribution in [0.4, 0.5) is 11.4 Å². The van der Waals surface area contributed by atoms with Crippen LogP contribution >= 0.6 is 0 Å². The molecule has 0 fully saturated rings. The van der Waals surface area contributed by atoms with Gasteiger partial charge in [0, 0.05) is 23.8 Å². The van der Waals surface area contributed by atoms with E-state index in [0.717, 1.165) is 31.5 Å². The molecule has 0 radical (unpaired) electrons. The molecule has 0 aliphatic carbocycles. The minimum absolute atomic E-state index is 0.0627. The molecule has 20 heavy (non-hydrogen) atoms. The van der Waals surface area contributed by atoms with Gasteiger partial charge in [-0.1, -0.05) is 13.8 Å². The molecule has 1 amide bonds. The van der Waals surface area contributed by atoms with Crippen LogP contribution in [-0.4, -0.2) is 30.4 Å². The van der Waals surface area contributed by atoms with Crippen molar-refractivity contribution in [3.63, 3.8) is 0 Å². The second-order valence-corrected chi connectivity index (χ2v) is 5.22. The largest absolute Gasteiger partial charge is 0.399 e. The van der Waals surface area contributed by atoms with Gasteiger partial charge < -0.3 is 16.0 Å². The van der Waals surface area contributed by atoms with Gasteiger partial charge in [-0.3, -0.25) is 4.79 Å². The van der Waals surface area contributed by atoms with Crippen molar-refractivity contribution in [2.24, 2.45) is 0 Å². The van der Waals surface area contributed by atoms with Crippen LogP contribution in [0.1, 0.15) is 39.5 Å². The molecule has 0 saturated heterocycles. The van der Waals surface area contributed by atoms with Crippen LogP contribution in [0.25, 0.3) is 0 Å². The van der Waals surface area contributed by atoms with E-state index in [4.69, 9.17) is 5.73 Å². The first-order chi connectivity index (χ1) is 9.56. The Morgan fingerprint density at radius 2 is 1.85 bits per heavy atom. The summed E-state index contributed by atoms with van der Waals surface area (Å²) in [5, 5.41) is 2.89. The molecule has 1 aromatic rings. The number of amides is 1. The van der Waals surface area contributed by atoms with Crippen LogP contribution in [-0.2, 0) is 4.79 Å². The molecule has 0 aliphatic heterocycles. The van der Waals surface area contributed by atoms with Crippen molar-refractivity contribution < 1.29 is 4.79 Å². The molecule has 0 aliphatic rings. The summed E-state index contributed by atoms with van der Waals surface area (Å²) in [6.07, 6.45) is 3.75. The first-order valence-electron chi connectivity index (χ1n) is 7.42. The summed E-state index contributed by atoms with van der Waals surface area (Å²) < 4.78 is 0. The van der Waals surface area contributed by atoms with Gasteiger partial charge in [0.15, 0.2) is 0 Å². The van der Waals surface area contributed by atoms with Gasteiger partial charge in [-0.25, -0.2) is 0 Å². The van der Waals surface area contributed by atoms with Crippen LogP contribution in [0.15, 0.2) is 24.3 Å². The fourth-order valence-corrected chi connectivity index (χ4v) is 2.37. The highest BCUT2D eigenvalue weighted by Crippen LogP contribution is 2.11. The fraction of sp³-hybridized carbons (Fsp3) is 0.562. The van der Waals surface area contributed by atoms with Crippen molar-refractivity contribution in [1.29, 1.82) is 0 Å². The van der Waals surface area contributed by atoms with E-state index in [1.807, 2.05) is 12.1 Å². The zero-order chi connectivity index (χ0) is 15.0. The Kier molecular flexibility index (Phi) is 7.09. The van der Waals surface area contributed by atoms with Gasteiger partial charge >= 0.3 is 0 Å². The lowest BCUT2D eigenvalue weighted by atomic mass is 10.1. The molecule has 0 unspecified atom stereocenters. The number of rotatable bonds is 8. The molecule has 0 aromatic heterocycles. The summed E-state index contributed by atoms with van der Waals surface area (Å²) in [6.45, 7) is 5.37. The monoisotopic (exact) mass is 277 g/mol. The zero-order valence-electron chi connectivity index (χ0n) is 12.9. The molecule has 1 aromatic carbocycles. The number of hydrogen-bond donors (Lipinski definition) is 2. The van der Waals surface area contributed by atoms with E-state index < -0.39 is 0 Å². The lowest BCUT2D eigenvalue weighted by molar-refractivity contribution is -0.116. The van der Waals surface area contributed by atoms with Gasteiger partial charge in [-0.05, 0) is 57.1 Å². The number of carbonyl (C=O) groups excluding carboxylic acids is 1. The molecule has 0 saturated carbocycles. The molecular weight excluding hydrogens is 250 g/mol. The highest BCUT2D eigenvalue weighted by molar-refractivity contribution is 5.90. The van der Waals surface area contributed by atoms with Gasteiger partial charge in [-0.2, -0.15) is 0 Å². The third kappa shape index (κ3) is 5.61. The number of carbonyl (C=O) groups is 1. The topological polar surface area (TPSA) is 58.4 Å². The van der Waals surface area contributed by atoms with Gasteiger partial charge in [0.2, 0.25) is 5.91 Å². The molecule has 0 bridgehead atoms. The molecule has 3 N–H and O–H groups in total. The highest BCUT2D eigenvalue weighted by Gasteiger charge is 2.10. The molecule has 112 valence electrons. The summed E-state index contributed by atoms with van der Waals surface area (Å²) in [5.74, 6) is 0.0627. The summed E-state index contributed by atoms with van der Waals surface area (Å²) >= 11 is 0. The zero-order valence-corrected chi connectivity index (χ0v) is 12.9. The Morgan fingerprint density at radius 3 is 2.40 bits per heavy atom. The second-order valence-electron chi connectivity index (χ2n) is 5.22. The van der Waals surface area contributed by atoms with Crippen molar-refractivity contribution in [2.75, 3.05) is 24.6 Å². The van der Waals surface area contributed by atoms with Crippen LogP contribution in [0.5, 0.6) is 0 Å². The van der Waals surface area contributed by atoms with E-state index in [-0.39, 0.29) is 5.91 Å². The second kappa shape index (κ2) is 8.59. The van der Waals surface area contributed by atoms with Gasteiger partial charge in [0.05, 0.1) is 0 Å². The van der Waals surface area contributed by atoms with Crippen molar-refractivity contribution in [1.82, 2.24) is 4.90 Å². The highest BCUT2D eigenvalue weighted by atomic mass is 16.1. The van der Waals surface area contributed by atoms with Crippen molar-refractivity contribution in [3.8, 4) is 0 Å². The maximum absolute atomic E-state index is 11.8. The summed E-state index contributed by atoms with van der Waals surface area (Å²) in [6, 6.07) is 7.84. The first kappa shape index (κ1) is 16.5. The van der Waals surface area contributed by atoms with E-state index in [1.54, 1.807) is 12.1 Å².